The molecule has 0 N–H and O–H groups in total. The third-order valence-electron chi connectivity index (χ3n) is 5.35. The summed E-state index contributed by atoms with van der Waals surface area (Å²) >= 11 is 6.33. The van der Waals surface area contributed by atoms with Crippen molar-refractivity contribution in [2.75, 3.05) is 19.8 Å². The van der Waals surface area contributed by atoms with Crippen LogP contribution in [0, 0.1) is 0 Å². The van der Waals surface area contributed by atoms with Crippen LogP contribution in [0.1, 0.15) is 58.6 Å². The summed E-state index contributed by atoms with van der Waals surface area (Å²) in [6.07, 6.45) is 0.585. The van der Waals surface area contributed by atoms with Gasteiger partial charge in [-0.3, -0.25) is 4.79 Å². The quantitative estimate of drug-likeness (QED) is 0.173. The van der Waals surface area contributed by atoms with E-state index in [9.17, 15) is 9.59 Å². The van der Waals surface area contributed by atoms with Gasteiger partial charge in [0.05, 0.1) is 13.2 Å². The third-order valence-corrected chi connectivity index (χ3v) is 5.58. The summed E-state index contributed by atoms with van der Waals surface area (Å²) in [5.41, 5.74) is 0.661. The fourth-order valence-electron chi connectivity index (χ4n) is 3.66. The van der Waals surface area contributed by atoms with Crippen LogP contribution in [0.4, 0.5) is 0 Å². The second-order valence-electron chi connectivity index (χ2n) is 8.20. The summed E-state index contributed by atoms with van der Waals surface area (Å²) in [5, 5.41) is 1.35. The van der Waals surface area contributed by atoms with Gasteiger partial charge >= 0.3 is 11.9 Å². The van der Waals surface area contributed by atoms with Crippen molar-refractivity contribution >= 4 is 34.3 Å². The van der Waals surface area contributed by atoms with Crippen LogP contribution in [-0.4, -0.2) is 31.8 Å². The van der Waals surface area contributed by atoms with E-state index in [1.165, 1.54) is 0 Å². The average molecular weight is 529 g/mol. The lowest BCUT2D eigenvalue weighted by Gasteiger charge is -2.23. The molecule has 0 bridgehead atoms. The minimum absolute atomic E-state index is 0.146. The fourth-order valence-corrected chi connectivity index (χ4v) is 3.83. The van der Waals surface area contributed by atoms with E-state index >= 15 is 0 Å². The van der Waals surface area contributed by atoms with Gasteiger partial charge in [0.25, 0.3) is 0 Å². The van der Waals surface area contributed by atoms with Crippen LogP contribution < -0.4 is 18.9 Å². The van der Waals surface area contributed by atoms with E-state index in [2.05, 4.69) is 0 Å². The Bertz CT molecular complexity index is 1210. The number of carbonyl (C=O) groups is 2. The van der Waals surface area contributed by atoms with Crippen molar-refractivity contribution in [1.82, 2.24) is 0 Å². The number of esters is 2. The minimum atomic E-state index is -0.954. The first-order chi connectivity index (χ1) is 17.9. The minimum Gasteiger partial charge on any atom is -0.486 e. The standard InChI is InChI=1S/C29H33ClO7/c1-5-16-34-27-25(37-29(32)24(33-8-4)19-12-10-9-11-13-19)21-15-14-20(30)18-22(21)26(36-23(31)7-3)28(27)35-17-6-2/h9-15,18,24H,5-8,16-17H2,1-4H3. The topological polar surface area (TPSA) is 80.3 Å². The van der Waals surface area contributed by atoms with Gasteiger partial charge in [0.1, 0.15) is 0 Å². The molecule has 1 atom stereocenters. The van der Waals surface area contributed by atoms with Gasteiger partial charge in [-0.25, -0.2) is 4.79 Å². The van der Waals surface area contributed by atoms with Crippen LogP contribution in [0.5, 0.6) is 23.0 Å². The third kappa shape index (κ3) is 6.93. The Kier molecular flexibility index (Phi) is 10.6. The lowest BCUT2D eigenvalue weighted by molar-refractivity contribution is -0.147. The smallest absolute Gasteiger partial charge is 0.345 e. The zero-order valence-corrected chi connectivity index (χ0v) is 22.4. The van der Waals surface area contributed by atoms with Gasteiger partial charge in [-0.1, -0.05) is 62.7 Å². The summed E-state index contributed by atoms with van der Waals surface area (Å²) in [7, 11) is 0. The molecule has 8 heteroatoms. The number of halogens is 1. The molecule has 0 aliphatic carbocycles. The van der Waals surface area contributed by atoms with Crippen LogP contribution in [0.3, 0.4) is 0 Å². The predicted molar refractivity (Wildman–Crippen MR) is 143 cm³/mol. The molecule has 3 aromatic carbocycles. The number of benzene rings is 3. The molecule has 0 amide bonds. The summed E-state index contributed by atoms with van der Waals surface area (Å²) < 4.78 is 29.7. The molecular formula is C29H33ClO7. The van der Waals surface area contributed by atoms with Crippen LogP contribution in [-0.2, 0) is 14.3 Å². The Morgan fingerprint density at radius 3 is 1.97 bits per heavy atom. The first-order valence-electron chi connectivity index (χ1n) is 12.6. The number of hydrogen-bond acceptors (Lipinski definition) is 7. The van der Waals surface area contributed by atoms with E-state index < -0.39 is 18.0 Å². The van der Waals surface area contributed by atoms with Gasteiger partial charge in [-0.2, -0.15) is 0 Å². The molecule has 0 heterocycles. The van der Waals surface area contributed by atoms with Crippen molar-refractivity contribution in [2.45, 2.75) is 53.1 Å². The van der Waals surface area contributed by atoms with E-state index in [1.54, 1.807) is 37.3 Å². The predicted octanol–water partition coefficient (Wildman–Crippen LogP) is 7.07. The van der Waals surface area contributed by atoms with E-state index in [0.717, 1.165) is 0 Å². The maximum Gasteiger partial charge on any atom is 0.345 e. The summed E-state index contributed by atoms with van der Waals surface area (Å²) in [4.78, 5) is 25.9. The van der Waals surface area contributed by atoms with Crippen molar-refractivity contribution in [1.29, 1.82) is 0 Å². The highest BCUT2D eigenvalue weighted by Gasteiger charge is 2.31. The number of hydrogen-bond donors (Lipinski definition) is 0. The van der Waals surface area contributed by atoms with Gasteiger partial charge in [-0.15, -0.1) is 0 Å². The lowest BCUT2D eigenvalue weighted by Crippen LogP contribution is -2.22. The van der Waals surface area contributed by atoms with Crippen molar-refractivity contribution in [2.24, 2.45) is 0 Å². The molecule has 0 spiro atoms. The molecule has 3 rings (SSSR count). The van der Waals surface area contributed by atoms with Gasteiger partial charge in [-0.05, 0) is 43.5 Å². The number of ether oxygens (including phenoxy) is 5. The maximum atomic E-state index is 13.5. The molecule has 0 saturated heterocycles. The molecular weight excluding hydrogens is 496 g/mol. The number of fused-ring (bicyclic) bond motifs is 1. The van der Waals surface area contributed by atoms with Crippen LogP contribution in [0.2, 0.25) is 5.02 Å². The van der Waals surface area contributed by atoms with Crippen molar-refractivity contribution < 1.29 is 33.3 Å². The Morgan fingerprint density at radius 2 is 1.41 bits per heavy atom. The molecule has 0 aliphatic rings. The molecule has 0 aromatic heterocycles. The van der Waals surface area contributed by atoms with Gasteiger partial charge in [0.15, 0.2) is 17.6 Å². The van der Waals surface area contributed by atoms with E-state index in [1.807, 2.05) is 39.0 Å². The van der Waals surface area contributed by atoms with Crippen LogP contribution in [0.15, 0.2) is 48.5 Å². The maximum absolute atomic E-state index is 13.5. The lowest BCUT2D eigenvalue weighted by atomic mass is 10.1. The molecule has 3 aromatic rings. The van der Waals surface area contributed by atoms with E-state index in [0.29, 0.717) is 54.0 Å². The molecule has 198 valence electrons. The molecule has 1 unspecified atom stereocenters. The largest absolute Gasteiger partial charge is 0.486 e. The zero-order valence-electron chi connectivity index (χ0n) is 21.7. The Balaban J connectivity index is 2.25. The van der Waals surface area contributed by atoms with E-state index in [-0.39, 0.29) is 29.4 Å². The zero-order chi connectivity index (χ0) is 26.8. The normalized spacial score (nSPS) is 11.7. The highest BCUT2D eigenvalue weighted by Crippen LogP contribution is 2.52. The highest BCUT2D eigenvalue weighted by molar-refractivity contribution is 6.31. The summed E-state index contributed by atoms with van der Waals surface area (Å²) in [5.74, 6) is -0.385. The number of rotatable bonds is 13. The Morgan fingerprint density at radius 1 is 0.784 bits per heavy atom. The van der Waals surface area contributed by atoms with Crippen LogP contribution >= 0.6 is 11.6 Å². The Hall–Kier alpha value is -3.29. The van der Waals surface area contributed by atoms with Gasteiger partial charge < -0.3 is 23.7 Å². The van der Waals surface area contributed by atoms with Gasteiger partial charge in [0.2, 0.25) is 11.5 Å². The van der Waals surface area contributed by atoms with Gasteiger partial charge in [0, 0.05) is 28.8 Å². The fraction of sp³-hybridized carbons (Fsp3) is 0.379. The van der Waals surface area contributed by atoms with Crippen molar-refractivity contribution in [3.63, 3.8) is 0 Å². The van der Waals surface area contributed by atoms with Crippen molar-refractivity contribution in [3.8, 4) is 23.0 Å². The van der Waals surface area contributed by atoms with Crippen LogP contribution in [0.25, 0.3) is 10.8 Å². The second-order valence-corrected chi connectivity index (χ2v) is 8.63. The SMILES string of the molecule is CCCOc1c(OCCC)c(OC(=O)C(OCC)c2ccccc2)c2ccc(Cl)cc2c1OC(=O)CC. The molecule has 0 saturated carbocycles. The Labute approximate surface area is 222 Å². The monoisotopic (exact) mass is 528 g/mol. The average Bonchev–Trinajstić information content (AvgIpc) is 2.91. The molecule has 0 aliphatic heterocycles. The first-order valence-corrected chi connectivity index (χ1v) is 13.0. The molecule has 0 radical (unpaired) electrons. The molecule has 0 fully saturated rings. The summed E-state index contributed by atoms with van der Waals surface area (Å²) in [6, 6.07) is 14.1. The number of carbonyl (C=O) groups excluding carboxylic acids is 2. The molecule has 37 heavy (non-hydrogen) atoms. The molecule has 7 nitrogen and oxygen atoms in total. The first kappa shape index (κ1) is 28.3. The van der Waals surface area contributed by atoms with E-state index in [4.69, 9.17) is 35.3 Å². The highest BCUT2D eigenvalue weighted by atomic mass is 35.5. The second kappa shape index (κ2) is 13.9. The van der Waals surface area contributed by atoms with Crippen molar-refractivity contribution in [3.05, 3.63) is 59.1 Å². The summed E-state index contributed by atoms with van der Waals surface area (Å²) in [6.45, 7) is 8.37.